The van der Waals surface area contributed by atoms with E-state index in [0.29, 0.717) is 18.4 Å². The summed E-state index contributed by atoms with van der Waals surface area (Å²) in [5.41, 5.74) is -0.552. The Morgan fingerprint density at radius 1 is 1.33 bits per heavy atom. The highest BCUT2D eigenvalue weighted by molar-refractivity contribution is 5.07. The number of aliphatic hydroxyl groups excluding tert-OH is 1. The lowest BCUT2D eigenvalue weighted by Gasteiger charge is -2.41. The number of hydrogen-bond acceptors (Lipinski definition) is 3. The van der Waals surface area contributed by atoms with Gasteiger partial charge in [-0.25, -0.2) is 0 Å². The molecule has 1 aliphatic rings. The van der Waals surface area contributed by atoms with Crippen LogP contribution in [-0.2, 0) is 4.74 Å². The molecular formula is C15H27NO2. The third kappa shape index (κ3) is 3.24. The molecule has 0 aliphatic heterocycles. The number of rotatable bonds is 5. The van der Waals surface area contributed by atoms with Crippen molar-refractivity contribution in [3.63, 3.8) is 0 Å². The summed E-state index contributed by atoms with van der Waals surface area (Å²) < 4.78 is 5.10. The summed E-state index contributed by atoms with van der Waals surface area (Å²) in [7, 11) is 1.64. The van der Waals surface area contributed by atoms with Gasteiger partial charge in [-0.05, 0) is 37.5 Å². The highest BCUT2D eigenvalue weighted by Crippen LogP contribution is 2.45. The standard InChI is InChI=1S/C15H27NO2/c1-11(2)13-5-7-15(10-16,8-6-13)14(17)12(3)9-18-4/h11-14,17H,5-9H2,1-4H3. The lowest BCUT2D eigenvalue weighted by molar-refractivity contribution is -0.0348. The van der Waals surface area contributed by atoms with E-state index in [1.54, 1.807) is 7.11 Å². The van der Waals surface area contributed by atoms with Crippen LogP contribution in [0.4, 0.5) is 0 Å². The van der Waals surface area contributed by atoms with Gasteiger partial charge in [-0.2, -0.15) is 5.26 Å². The number of ether oxygens (including phenoxy) is 1. The van der Waals surface area contributed by atoms with Crippen molar-refractivity contribution in [3.05, 3.63) is 0 Å². The van der Waals surface area contributed by atoms with E-state index in [-0.39, 0.29) is 5.92 Å². The monoisotopic (exact) mass is 253 g/mol. The van der Waals surface area contributed by atoms with Gasteiger partial charge in [0.05, 0.1) is 24.2 Å². The topological polar surface area (TPSA) is 53.2 Å². The minimum atomic E-state index is -0.574. The number of hydrogen-bond donors (Lipinski definition) is 1. The molecule has 0 radical (unpaired) electrons. The summed E-state index contributed by atoms with van der Waals surface area (Å²) in [6, 6.07) is 2.41. The SMILES string of the molecule is COCC(C)C(O)C1(C#N)CCC(C(C)C)CC1. The van der Waals surface area contributed by atoms with Crippen molar-refractivity contribution in [2.45, 2.75) is 52.6 Å². The van der Waals surface area contributed by atoms with E-state index in [4.69, 9.17) is 4.74 Å². The maximum atomic E-state index is 10.4. The summed E-state index contributed by atoms with van der Waals surface area (Å²) in [5, 5.41) is 19.9. The van der Waals surface area contributed by atoms with Crippen LogP contribution in [0.5, 0.6) is 0 Å². The third-order valence-corrected chi connectivity index (χ3v) is 4.62. The predicted octanol–water partition coefficient (Wildman–Crippen LogP) is 2.99. The fraction of sp³-hybridized carbons (Fsp3) is 0.933. The lowest BCUT2D eigenvalue weighted by Crippen LogP contribution is -2.43. The van der Waals surface area contributed by atoms with Gasteiger partial charge in [0.2, 0.25) is 0 Å². The molecule has 1 N–H and O–H groups in total. The molecule has 0 bridgehead atoms. The van der Waals surface area contributed by atoms with Crippen molar-refractivity contribution in [1.29, 1.82) is 5.26 Å². The van der Waals surface area contributed by atoms with Crippen molar-refractivity contribution < 1.29 is 9.84 Å². The zero-order chi connectivity index (χ0) is 13.8. The van der Waals surface area contributed by atoms with Crippen LogP contribution in [0.25, 0.3) is 0 Å². The molecule has 0 aromatic rings. The first-order valence-electron chi connectivity index (χ1n) is 7.05. The fourth-order valence-electron chi connectivity index (χ4n) is 3.19. The lowest BCUT2D eigenvalue weighted by atomic mass is 9.64. The van der Waals surface area contributed by atoms with Crippen molar-refractivity contribution >= 4 is 0 Å². The van der Waals surface area contributed by atoms with Gasteiger partial charge < -0.3 is 9.84 Å². The van der Waals surface area contributed by atoms with E-state index in [1.807, 2.05) is 6.92 Å². The van der Waals surface area contributed by atoms with Gasteiger partial charge in [0.1, 0.15) is 0 Å². The molecular weight excluding hydrogens is 226 g/mol. The van der Waals surface area contributed by atoms with E-state index >= 15 is 0 Å². The van der Waals surface area contributed by atoms with Gasteiger partial charge in [0.15, 0.2) is 0 Å². The van der Waals surface area contributed by atoms with Gasteiger partial charge in [0, 0.05) is 13.0 Å². The number of nitrogens with zero attached hydrogens (tertiary/aromatic N) is 1. The molecule has 1 aliphatic carbocycles. The Morgan fingerprint density at radius 2 is 1.89 bits per heavy atom. The molecule has 0 spiro atoms. The molecule has 104 valence electrons. The first-order chi connectivity index (χ1) is 8.46. The van der Waals surface area contributed by atoms with Gasteiger partial charge in [-0.3, -0.25) is 0 Å². The van der Waals surface area contributed by atoms with Gasteiger partial charge in [-0.1, -0.05) is 20.8 Å². The smallest absolute Gasteiger partial charge is 0.0836 e. The van der Waals surface area contributed by atoms with Gasteiger partial charge in [-0.15, -0.1) is 0 Å². The third-order valence-electron chi connectivity index (χ3n) is 4.62. The number of nitriles is 1. The van der Waals surface area contributed by atoms with Crippen LogP contribution in [-0.4, -0.2) is 24.9 Å². The van der Waals surface area contributed by atoms with E-state index in [9.17, 15) is 10.4 Å². The van der Waals surface area contributed by atoms with E-state index < -0.39 is 11.5 Å². The molecule has 0 aromatic heterocycles. The Kier molecular flexibility index (Phi) is 5.62. The Morgan fingerprint density at radius 3 is 2.28 bits per heavy atom. The Labute approximate surface area is 111 Å². The van der Waals surface area contributed by atoms with E-state index in [2.05, 4.69) is 19.9 Å². The normalized spacial score (nSPS) is 31.9. The second-order valence-corrected chi connectivity index (χ2v) is 6.23. The molecule has 1 fully saturated rings. The quantitative estimate of drug-likeness (QED) is 0.819. The Balaban J connectivity index is 2.69. The van der Waals surface area contributed by atoms with Crippen LogP contribution < -0.4 is 0 Å². The first kappa shape index (κ1) is 15.5. The number of methoxy groups -OCH3 is 1. The highest BCUT2D eigenvalue weighted by atomic mass is 16.5. The molecule has 3 heteroatoms. The molecule has 2 unspecified atom stereocenters. The van der Waals surface area contributed by atoms with Crippen LogP contribution in [0, 0.1) is 34.5 Å². The van der Waals surface area contributed by atoms with E-state index in [1.165, 1.54) is 0 Å². The van der Waals surface area contributed by atoms with Gasteiger partial charge in [0.25, 0.3) is 0 Å². The molecule has 18 heavy (non-hydrogen) atoms. The molecule has 1 saturated carbocycles. The van der Waals surface area contributed by atoms with Crippen molar-refractivity contribution in [3.8, 4) is 6.07 Å². The van der Waals surface area contributed by atoms with Crippen molar-refractivity contribution in [2.75, 3.05) is 13.7 Å². The Bertz CT molecular complexity index is 287. The maximum Gasteiger partial charge on any atom is 0.0836 e. The minimum Gasteiger partial charge on any atom is -0.391 e. The maximum absolute atomic E-state index is 10.4. The zero-order valence-electron chi connectivity index (χ0n) is 12.1. The highest BCUT2D eigenvalue weighted by Gasteiger charge is 2.44. The Hall–Kier alpha value is -0.590. The van der Waals surface area contributed by atoms with Crippen molar-refractivity contribution in [1.82, 2.24) is 0 Å². The molecule has 0 heterocycles. The number of aliphatic hydroxyl groups is 1. The molecule has 1 rings (SSSR count). The molecule has 0 aromatic carbocycles. The van der Waals surface area contributed by atoms with Crippen LogP contribution in [0.15, 0.2) is 0 Å². The molecule has 0 amide bonds. The largest absolute Gasteiger partial charge is 0.391 e. The average Bonchev–Trinajstić information content (AvgIpc) is 2.38. The molecule has 2 atom stereocenters. The summed E-state index contributed by atoms with van der Waals surface area (Å²) >= 11 is 0. The zero-order valence-corrected chi connectivity index (χ0v) is 12.1. The second kappa shape index (κ2) is 6.54. The average molecular weight is 253 g/mol. The summed E-state index contributed by atoms with van der Waals surface area (Å²) in [6.45, 7) is 6.96. The molecule has 0 saturated heterocycles. The van der Waals surface area contributed by atoms with Crippen LogP contribution in [0.1, 0.15) is 46.5 Å². The van der Waals surface area contributed by atoms with Crippen molar-refractivity contribution in [2.24, 2.45) is 23.2 Å². The van der Waals surface area contributed by atoms with Crippen LogP contribution in [0.3, 0.4) is 0 Å². The summed E-state index contributed by atoms with van der Waals surface area (Å²) in [4.78, 5) is 0. The first-order valence-corrected chi connectivity index (χ1v) is 7.05. The minimum absolute atomic E-state index is 0.0187. The van der Waals surface area contributed by atoms with Crippen LogP contribution >= 0.6 is 0 Å². The van der Waals surface area contributed by atoms with Gasteiger partial charge >= 0.3 is 0 Å². The summed E-state index contributed by atoms with van der Waals surface area (Å²) in [5.74, 6) is 1.40. The second-order valence-electron chi connectivity index (χ2n) is 6.23. The fourth-order valence-corrected chi connectivity index (χ4v) is 3.19. The van der Waals surface area contributed by atoms with Crippen LogP contribution in [0.2, 0.25) is 0 Å². The predicted molar refractivity (Wildman–Crippen MR) is 71.9 cm³/mol. The summed E-state index contributed by atoms with van der Waals surface area (Å²) in [6.07, 6.45) is 3.18. The molecule has 3 nitrogen and oxygen atoms in total. The van der Waals surface area contributed by atoms with E-state index in [0.717, 1.165) is 25.7 Å².